The van der Waals surface area contributed by atoms with Crippen molar-refractivity contribution in [3.63, 3.8) is 0 Å². The van der Waals surface area contributed by atoms with Crippen LogP contribution in [0.5, 0.6) is 11.5 Å². The van der Waals surface area contributed by atoms with Crippen molar-refractivity contribution in [1.29, 1.82) is 0 Å². The third-order valence-corrected chi connectivity index (χ3v) is 4.47. The molecule has 28 heavy (non-hydrogen) atoms. The van der Waals surface area contributed by atoms with Gasteiger partial charge in [-0.05, 0) is 63.1 Å². The fourth-order valence-corrected chi connectivity index (χ4v) is 3.16. The van der Waals surface area contributed by atoms with Gasteiger partial charge in [0, 0.05) is 6.04 Å². The van der Waals surface area contributed by atoms with Gasteiger partial charge in [0.05, 0.1) is 23.8 Å². The number of benzene rings is 2. The molecule has 3 rings (SSSR count). The van der Waals surface area contributed by atoms with Gasteiger partial charge in [0.15, 0.2) is 0 Å². The summed E-state index contributed by atoms with van der Waals surface area (Å²) < 4.78 is 11.3. The lowest BCUT2D eigenvalue weighted by Crippen LogP contribution is -2.34. The van der Waals surface area contributed by atoms with Gasteiger partial charge in [0.1, 0.15) is 18.1 Å². The van der Waals surface area contributed by atoms with Gasteiger partial charge in [-0.2, -0.15) is 0 Å². The maximum Gasteiger partial charge on any atom is 0.253 e. The van der Waals surface area contributed by atoms with Gasteiger partial charge in [-0.1, -0.05) is 12.1 Å². The van der Waals surface area contributed by atoms with Gasteiger partial charge in [0.2, 0.25) is 5.91 Å². The summed E-state index contributed by atoms with van der Waals surface area (Å²) >= 11 is 0. The molecule has 2 aromatic carbocycles. The SMILES string of the molecule is CCOc1ccc2c(c1)CC(C(=O)Nc1ccccc1C(=O)NC(C)C)CO2. The van der Waals surface area contributed by atoms with Crippen molar-refractivity contribution in [3.05, 3.63) is 53.6 Å². The van der Waals surface area contributed by atoms with E-state index in [4.69, 9.17) is 9.47 Å². The average molecular weight is 382 g/mol. The lowest BCUT2D eigenvalue weighted by atomic mass is 9.95. The molecule has 6 heteroatoms. The van der Waals surface area contributed by atoms with Crippen LogP contribution in [0.25, 0.3) is 0 Å². The third kappa shape index (κ3) is 4.63. The summed E-state index contributed by atoms with van der Waals surface area (Å²) in [5.74, 6) is 0.825. The lowest BCUT2D eigenvalue weighted by molar-refractivity contribution is -0.121. The topological polar surface area (TPSA) is 76.7 Å². The second-order valence-electron chi connectivity index (χ2n) is 7.08. The fraction of sp³-hybridized carbons (Fsp3) is 0.364. The first-order chi connectivity index (χ1) is 13.5. The normalized spacial score (nSPS) is 15.4. The number of anilines is 1. The zero-order chi connectivity index (χ0) is 20.1. The van der Waals surface area contributed by atoms with E-state index in [1.165, 1.54) is 0 Å². The minimum absolute atomic E-state index is 0.0130. The molecule has 1 unspecified atom stereocenters. The molecule has 2 amide bonds. The van der Waals surface area contributed by atoms with E-state index in [-0.39, 0.29) is 23.8 Å². The van der Waals surface area contributed by atoms with E-state index in [1.54, 1.807) is 24.3 Å². The molecule has 0 radical (unpaired) electrons. The number of amides is 2. The van der Waals surface area contributed by atoms with E-state index in [1.807, 2.05) is 39.0 Å². The minimum atomic E-state index is -0.342. The summed E-state index contributed by atoms with van der Waals surface area (Å²) in [6, 6.07) is 12.7. The summed E-state index contributed by atoms with van der Waals surface area (Å²) in [6.45, 7) is 6.60. The molecule has 148 valence electrons. The molecular formula is C22H26N2O4. The molecule has 1 aliphatic rings. The van der Waals surface area contributed by atoms with Gasteiger partial charge >= 0.3 is 0 Å². The molecule has 2 N–H and O–H groups in total. The number of para-hydroxylation sites is 1. The van der Waals surface area contributed by atoms with E-state index in [0.29, 0.717) is 30.9 Å². The van der Waals surface area contributed by atoms with Crippen LogP contribution in [0.2, 0.25) is 0 Å². The molecule has 1 heterocycles. The van der Waals surface area contributed by atoms with Crippen LogP contribution in [0, 0.1) is 5.92 Å². The Kier molecular flexibility index (Phi) is 6.19. The Hall–Kier alpha value is -3.02. The van der Waals surface area contributed by atoms with Crippen LogP contribution in [0.4, 0.5) is 5.69 Å². The largest absolute Gasteiger partial charge is 0.494 e. The van der Waals surface area contributed by atoms with E-state index in [2.05, 4.69) is 10.6 Å². The van der Waals surface area contributed by atoms with Gasteiger partial charge in [0.25, 0.3) is 5.91 Å². The van der Waals surface area contributed by atoms with Crippen LogP contribution in [0.15, 0.2) is 42.5 Å². The third-order valence-electron chi connectivity index (χ3n) is 4.47. The van der Waals surface area contributed by atoms with E-state index < -0.39 is 0 Å². The second kappa shape index (κ2) is 8.78. The monoisotopic (exact) mass is 382 g/mol. The first-order valence-corrected chi connectivity index (χ1v) is 9.57. The Morgan fingerprint density at radius 2 is 2.00 bits per heavy atom. The van der Waals surface area contributed by atoms with Crippen LogP contribution in [0.3, 0.4) is 0 Å². The maximum atomic E-state index is 12.8. The molecule has 0 aliphatic carbocycles. The molecule has 0 saturated heterocycles. The number of hydrogen-bond acceptors (Lipinski definition) is 4. The molecule has 1 atom stereocenters. The number of nitrogens with one attached hydrogen (secondary N) is 2. The van der Waals surface area contributed by atoms with Crippen molar-refractivity contribution < 1.29 is 19.1 Å². The number of ether oxygens (including phenoxy) is 2. The molecule has 0 bridgehead atoms. The Bertz CT molecular complexity index is 863. The maximum absolute atomic E-state index is 12.8. The molecule has 0 saturated carbocycles. The summed E-state index contributed by atoms with van der Waals surface area (Å²) in [5.41, 5.74) is 1.89. The highest BCUT2D eigenvalue weighted by Crippen LogP contribution is 2.31. The fourth-order valence-electron chi connectivity index (χ4n) is 3.16. The Labute approximate surface area is 165 Å². The smallest absolute Gasteiger partial charge is 0.253 e. The molecule has 0 spiro atoms. The number of hydrogen-bond donors (Lipinski definition) is 2. The summed E-state index contributed by atoms with van der Waals surface area (Å²) in [4.78, 5) is 25.2. The highest BCUT2D eigenvalue weighted by Gasteiger charge is 2.27. The summed E-state index contributed by atoms with van der Waals surface area (Å²) in [7, 11) is 0. The van der Waals surface area contributed by atoms with Crippen molar-refractivity contribution in [2.24, 2.45) is 5.92 Å². The predicted octanol–water partition coefficient (Wildman–Crippen LogP) is 3.41. The Balaban J connectivity index is 1.72. The number of rotatable bonds is 6. The minimum Gasteiger partial charge on any atom is -0.494 e. The van der Waals surface area contributed by atoms with Crippen LogP contribution in [-0.2, 0) is 11.2 Å². The number of carbonyl (C=O) groups is 2. The molecule has 6 nitrogen and oxygen atoms in total. The molecule has 0 aromatic heterocycles. The first-order valence-electron chi connectivity index (χ1n) is 9.57. The zero-order valence-corrected chi connectivity index (χ0v) is 16.5. The predicted molar refractivity (Wildman–Crippen MR) is 108 cm³/mol. The highest BCUT2D eigenvalue weighted by molar-refractivity contribution is 6.04. The van der Waals surface area contributed by atoms with Crippen LogP contribution < -0.4 is 20.1 Å². The summed E-state index contributed by atoms with van der Waals surface area (Å²) in [5, 5.41) is 5.75. The molecular weight excluding hydrogens is 356 g/mol. The van der Waals surface area contributed by atoms with Crippen molar-refractivity contribution in [2.75, 3.05) is 18.5 Å². The van der Waals surface area contributed by atoms with Gasteiger partial charge in [-0.3, -0.25) is 9.59 Å². The molecule has 1 aliphatic heterocycles. The van der Waals surface area contributed by atoms with Gasteiger partial charge < -0.3 is 20.1 Å². The summed E-state index contributed by atoms with van der Waals surface area (Å²) in [6.07, 6.45) is 0.558. The van der Waals surface area contributed by atoms with Crippen LogP contribution in [0.1, 0.15) is 36.7 Å². The van der Waals surface area contributed by atoms with Crippen LogP contribution in [-0.4, -0.2) is 31.1 Å². The molecule has 0 fully saturated rings. The van der Waals surface area contributed by atoms with Crippen molar-refractivity contribution in [1.82, 2.24) is 5.32 Å². The Morgan fingerprint density at radius 3 is 2.75 bits per heavy atom. The zero-order valence-electron chi connectivity index (χ0n) is 16.5. The average Bonchev–Trinajstić information content (AvgIpc) is 2.67. The molecule has 2 aromatic rings. The van der Waals surface area contributed by atoms with E-state index in [9.17, 15) is 9.59 Å². The number of fused-ring (bicyclic) bond motifs is 1. The first kappa shape index (κ1) is 19.7. The van der Waals surface area contributed by atoms with Gasteiger partial charge in [-0.25, -0.2) is 0 Å². The van der Waals surface area contributed by atoms with E-state index >= 15 is 0 Å². The highest BCUT2D eigenvalue weighted by atomic mass is 16.5. The van der Waals surface area contributed by atoms with Crippen molar-refractivity contribution >= 4 is 17.5 Å². The van der Waals surface area contributed by atoms with Crippen molar-refractivity contribution in [2.45, 2.75) is 33.2 Å². The Morgan fingerprint density at radius 1 is 1.21 bits per heavy atom. The standard InChI is InChI=1S/C22H26N2O4/c1-4-27-17-9-10-20-15(12-17)11-16(13-28-20)21(25)24-19-8-6-5-7-18(19)22(26)23-14(2)3/h5-10,12,14,16H,4,11,13H2,1-3H3,(H,23,26)(H,24,25). The van der Waals surface area contributed by atoms with Crippen LogP contribution >= 0.6 is 0 Å². The second-order valence-corrected chi connectivity index (χ2v) is 7.08. The van der Waals surface area contributed by atoms with Gasteiger partial charge in [-0.15, -0.1) is 0 Å². The number of carbonyl (C=O) groups excluding carboxylic acids is 2. The quantitative estimate of drug-likeness (QED) is 0.803. The van der Waals surface area contributed by atoms with Crippen molar-refractivity contribution in [3.8, 4) is 11.5 Å². The lowest BCUT2D eigenvalue weighted by Gasteiger charge is -2.25. The van der Waals surface area contributed by atoms with E-state index in [0.717, 1.165) is 17.1 Å².